The van der Waals surface area contributed by atoms with Gasteiger partial charge < -0.3 is 15.5 Å². The fourth-order valence-electron chi connectivity index (χ4n) is 3.31. The minimum absolute atomic E-state index is 0. The molecule has 2 atom stereocenters. The van der Waals surface area contributed by atoms with Crippen LogP contribution in [0.15, 0.2) is 17.1 Å². The predicted molar refractivity (Wildman–Crippen MR) is 122 cm³/mol. The Morgan fingerprint density at radius 3 is 2.84 bits per heavy atom. The molecule has 25 heavy (non-hydrogen) atoms. The molecule has 1 aliphatic heterocycles. The molecule has 0 aliphatic carbocycles. The van der Waals surface area contributed by atoms with Gasteiger partial charge in [0.1, 0.15) is 0 Å². The number of guanidine groups is 1. The largest absolute Gasteiger partial charge is 0.357 e. The fraction of sp³-hybridized carbons (Fsp3) is 0.737. The number of nitrogens with zero attached hydrogens (tertiary/aromatic N) is 2. The molecule has 1 aromatic heterocycles. The van der Waals surface area contributed by atoms with E-state index in [-0.39, 0.29) is 24.0 Å². The van der Waals surface area contributed by atoms with Crippen LogP contribution in [-0.4, -0.2) is 49.6 Å². The van der Waals surface area contributed by atoms with Crippen molar-refractivity contribution in [3.8, 4) is 0 Å². The van der Waals surface area contributed by atoms with Gasteiger partial charge >= 0.3 is 0 Å². The number of piperidine rings is 1. The van der Waals surface area contributed by atoms with Crippen LogP contribution < -0.4 is 10.6 Å². The predicted octanol–water partition coefficient (Wildman–Crippen LogP) is 3.89. The van der Waals surface area contributed by atoms with E-state index in [0.717, 1.165) is 32.0 Å². The second kappa shape index (κ2) is 12.1. The minimum atomic E-state index is 0. The van der Waals surface area contributed by atoms with Crippen LogP contribution in [0.2, 0.25) is 0 Å². The lowest BCUT2D eigenvalue weighted by atomic mass is 9.98. The van der Waals surface area contributed by atoms with Crippen LogP contribution in [0.1, 0.15) is 43.4 Å². The van der Waals surface area contributed by atoms with Crippen LogP contribution in [0.25, 0.3) is 0 Å². The van der Waals surface area contributed by atoms with Gasteiger partial charge in [-0.15, -0.1) is 35.3 Å². The Hall–Kier alpha value is -0.340. The van der Waals surface area contributed by atoms with Gasteiger partial charge in [-0.05, 0) is 64.8 Å². The molecule has 144 valence electrons. The molecule has 1 fully saturated rings. The zero-order valence-corrected chi connectivity index (χ0v) is 19.3. The first kappa shape index (κ1) is 22.7. The smallest absolute Gasteiger partial charge is 0.191 e. The minimum Gasteiger partial charge on any atom is -0.357 e. The van der Waals surface area contributed by atoms with Crippen molar-refractivity contribution < 1.29 is 0 Å². The summed E-state index contributed by atoms with van der Waals surface area (Å²) >= 11 is 1.89. The van der Waals surface area contributed by atoms with Crippen LogP contribution >= 0.6 is 35.3 Å². The molecule has 1 aliphatic rings. The van der Waals surface area contributed by atoms with Crippen molar-refractivity contribution >= 4 is 41.3 Å². The third-order valence-electron chi connectivity index (χ3n) is 4.59. The van der Waals surface area contributed by atoms with Crippen LogP contribution in [0, 0.1) is 12.8 Å². The summed E-state index contributed by atoms with van der Waals surface area (Å²) in [5, 5.41) is 6.97. The Morgan fingerprint density at radius 2 is 2.20 bits per heavy atom. The summed E-state index contributed by atoms with van der Waals surface area (Å²) in [6, 6.07) is 4.83. The molecule has 6 heteroatoms. The molecule has 0 radical (unpaired) electrons. The number of nitrogens with one attached hydrogen (secondary N) is 2. The molecule has 1 aromatic rings. The fourth-order valence-corrected chi connectivity index (χ4v) is 4.33. The zero-order valence-electron chi connectivity index (χ0n) is 16.2. The van der Waals surface area contributed by atoms with Crippen molar-refractivity contribution in [3.05, 3.63) is 21.9 Å². The Labute approximate surface area is 174 Å². The first-order valence-corrected chi connectivity index (χ1v) is 10.2. The second-order valence-electron chi connectivity index (χ2n) is 6.88. The van der Waals surface area contributed by atoms with Crippen molar-refractivity contribution in [2.24, 2.45) is 10.9 Å². The summed E-state index contributed by atoms with van der Waals surface area (Å²) in [4.78, 5) is 10.2. The highest BCUT2D eigenvalue weighted by molar-refractivity contribution is 14.0. The first-order chi connectivity index (χ1) is 11.6. The van der Waals surface area contributed by atoms with E-state index in [1.807, 2.05) is 11.3 Å². The Bertz CT molecular complexity index is 517. The number of rotatable bonds is 7. The Morgan fingerprint density at radius 1 is 1.40 bits per heavy atom. The highest BCUT2D eigenvalue weighted by atomic mass is 127. The molecule has 0 saturated carbocycles. The standard InChI is InChI=1S/C19H34N4S.HI/c1-5-20-19(21-13-17-8-7-11-23(6-2)14-17)22-15(3)12-18-10-9-16(4)24-18;/h9-10,15,17H,5-8,11-14H2,1-4H3,(H2,20,21,22);1H. The average molecular weight is 478 g/mol. The van der Waals surface area contributed by atoms with E-state index in [4.69, 9.17) is 4.99 Å². The first-order valence-electron chi connectivity index (χ1n) is 9.43. The van der Waals surface area contributed by atoms with Crippen molar-refractivity contribution in [1.82, 2.24) is 15.5 Å². The highest BCUT2D eigenvalue weighted by Crippen LogP contribution is 2.17. The van der Waals surface area contributed by atoms with Crippen LogP contribution in [-0.2, 0) is 6.42 Å². The molecular weight excluding hydrogens is 443 g/mol. The summed E-state index contributed by atoms with van der Waals surface area (Å²) in [5.41, 5.74) is 0. The molecule has 2 unspecified atom stereocenters. The maximum atomic E-state index is 4.86. The van der Waals surface area contributed by atoms with E-state index >= 15 is 0 Å². The number of hydrogen-bond acceptors (Lipinski definition) is 3. The van der Waals surface area contributed by atoms with Crippen molar-refractivity contribution in [2.75, 3.05) is 32.7 Å². The van der Waals surface area contributed by atoms with Crippen LogP contribution in [0.5, 0.6) is 0 Å². The molecule has 4 nitrogen and oxygen atoms in total. The van der Waals surface area contributed by atoms with Gasteiger partial charge in [0.25, 0.3) is 0 Å². The van der Waals surface area contributed by atoms with E-state index in [2.05, 4.69) is 55.4 Å². The maximum absolute atomic E-state index is 4.86. The van der Waals surface area contributed by atoms with Crippen molar-refractivity contribution in [1.29, 1.82) is 0 Å². The van der Waals surface area contributed by atoms with E-state index < -0.39 is 0 Å². The van der Waals surface area contributed by atoms with Gasteiger partial charge in [0.2, 0.25) is 0 Å². The number of halogens is 1. The molecule has 0 amide bonds. The molecule has 2 rings (SSSR count). The van der Waals surface area contributed by atoms with E-state index in [0.29, 0.717) is 12.0 Å². The summed E-state index contributed by atoms with van der Waals surface area (Å²) in [6.07, 6.45) is 3.67. The van der Waals surface area contributed by atoms with Crippen molar-refractivity contribution in [2.45, 2.75) is 53.0 Å². The third kappa shape index (κ3) is 8.26. The zero-order chi connectivity index (χ0) is 17.4. The lowest BCUT2D eigenvalue weighted by Gasteiger charge is -2.31. The third-order valence-corrected chi connectivity index (χ3v) is 5.61. The van der Waals surface area contributed by atoms with E-state index in [1.165, 1.54) is 35.7 Å². The second-order valence-corrected chi connectivity index (χ2v) is 8.26. The normalized spacial score (nSPS) is 20.0. The Balaban J connectivity index is 0.00000312. The van der Waals surface area contributed by atoms with Gasteiger partial charge in [-0.2, -0.15) is 0 Å². The monoisotopic (exact) mass is 478 g/mol. The van der Waals surface area contributed by atoms with Gasteiger partial charge in [-0.1, -0.05) is 6.92 Å². The number of thiophene rings is 1. The summed E-state index contributed by atoms with van der Waals surface area (Å²) in [6.45, 7) is 14.2. The molecule has 0 spiro atoms. The molecule has 0 bridgehead atoms. The molecular formula is C19H35IN4S. The van der Waals surface area contributed by atoms with Crippen LogP contribution in [0.3, 0.4) is 0 Å². The van der Waals surface area contributed by atoms with Gasteiger partial charge in [-0.3, -0.25) is 4.99 Å². The van der Waals surface area contributed by atoms with E-state index in [1.54, 1.807) is 0 Å². The molecule has 2 heterocycles. The molecule has 1 saturated heterocycles. The SMILES string of the molecule is CCNC(=NCC1CCCN(CC)C1)NC(C)Cc1ccc(C)s1.I. The van der Waals surface area contributed by atoms with Crippen LogP contribution in [0.4, 0.5) is 0 Å². The molecule has 0 aromatic carbocycles. The number of likely N-dealkylation sites (tertiary alicyclic amines) is 1. The Kier molecular flexibility index (Phi) is 11.0. The van der Waals surface area contributed by atoms with Gasteiger partial charge in [-0.25, -0.2) is 0 Å². The summed E-state index contributed by atoms with van der Waals surface area (Å²) in [5.74, 6) is 1.66. The summed E-state index contributed by atoms with van der Waals surface area (Å²) < 4.78 is 0. The lowest BCUT2D eigenvalue weighted by molar-refractivity contribution is 0.186. The quantitative estimate of drug-likeness (QED) is 0.355. The van der Waals surface area contributed by atoms with E-state index in [9.17, 15) is 0 Å². The molecule has 2 N–H and O–H groups in total. The summed E-state index contributed by atoms with van der Waals surface area (Å²) in [7, 11) is 0. The van der Waals surface area contributed by atoms with Gasteiger partial charge in [0.15, 0.2) is 5.96 Å². The van der Waals surface area contributed by atoms with Gasteiger partial charge in [0, 0.05) is 41.9 Å². The topological polar surface area (TPSA) is 39.7 Å². The maximum Gasteiger partial charge on any atom is 0.191 e. The highest BCUT2D eigenvalue weighted by Gasteiger charge is 2.18. The van der Waals surface area contributed by atoms with Crippen molar-refractivity contribution in [3.63, 3.8) is 0 Å². The van der Waals surface area contributed by atoms with Gasteiger partial charge in [0.05, 0.1) is 0 Å². The number of aryl methyl sites for hydroxylation is 1. The average Bonchev–Trinajstić information content (AvgIpc) is 2.97. The number of aliphatic imine (C=N–C) groups is 1. The number of hydrogen-bond donors (Lipinski definition) is 2. The lowest BCUT2D eigenvalue weighted by Crippen LogP contribution is -2.43.